The van der Waals surface area contributed by atoms with Gasteiger partial charge in [-0.1, -0.05) is 22.0 Å². The summed E-state index contributed by atoms with van der Waals surface area (Å²) in [7, 11) is 0. The van der Waals surface area contributed by atoms with Gasteiger partial charge in [0.25, 0.3) is 0 Å². The van der Waals surface area contributed by atoms with Crippen LogP contribution in [0.5, 0.6) is 0 Å². The zero-order chi connectivity index (χ0) is 11.4. The third-order valence-corrected chi connectivity index (χ3v) is 3.25. The number of carbonyl (C=O) groups excluding carboxylic acids is 1. The van der Waals surface area contributed by atoms with Crippen molar-refractivity contribution in [2.24, 2.45) is 0 Å². The van der Waals surface area contributed by atoms with Gasteiger partial charge in [0.1, 0.15) is 0 Å². The molecule has 1 aromatic rings. The van der Waals surface area contributed by atoms with Crippen LogP contribution in [-0.4, -0.2) is 12.6 Å². The number of hydrogen-bond donors (Lipinski definition) is 0. The van der Waals surface area contributed by atoms with Crippen LogP contribution in [0.3, 0.4) is 0 Å². The molecular formula is C12H15BrO2. The quantitative estimate of drug-likeness (QED) is 0.789. The molecule has 0 aliphatic heterocycles. The van der Waals surface area contributed by atoms with Gasteiger partial charge in [0.15, 0.2) is 0 Å². The Labute approximate surface area is 98.8 Å². The van der Waals surface area contributed by atoms with Gasteiger partial charge in [-0.05, 0) is 43.5 Å². The van der Waals surface area contributed by atoms with Crippen LogP contribution in [0.1, 0.15) is 23.6 Å². The molecule has 2 nitrogen and oxygen atoms in total. The van der Waals surface area contributed by atoms with E-state index in [1.54, 1.807) is 0 Å². The van der Waals surface area contributed by atoms with E-state index in [2.05, 4.69) is 15.9 Å². The van der Waals surface area contributed by atoms with Crippen molar-refractivity contribution >= 4 is 21.9 Å². The monoisotopic (exact) mass is 270 g/mol. The Kier molecular flexibility index (Phi) is 4.33. The van der Waals surface area contributed by atoms with Gasteiger partial charge in [-0.3, -0.25) is 4.79 Å². The highest BCUT2D eigenvalue weighted by Gasteiger charge is 2.11. The second-order valence-corrected chi connectivity index (χ2v) is 4.30. The van der Waals surface area contributed by atoms with Gasteiger partial charge in [0.2, 0.25) is 0 Å². The lowest BCUT2D eigenvalue weighted by Gasteiger charge is -2.10. The average Bonchev–Trinajstić information content (AvgIpc) is 2.19. The highest BCUT2D eigenvalue weighted by atomic mass is 79.9. The summed E-state index contributed by atoms with van der Waals surface area (Å²) in [6.07, 6.45) is 0.352. The van der Waals surface area contributed by atoms with E-state index >= 15 is 0 Å². The maximum atomic E-state index is 11.4. The summed E-state index contributed by atoms with van der Waals surface area (Å²) in [4.78, 5) is 11.4. The van der Waals surface area contributed by atoms with Crippen LogP contribution in [0.4, 0.5) is 0 Å². The summed E-state index contributed by atoms with van der Waals surface area (Å²) in [6.45, 7) is 6.27. The van der Waals surface area contributed by atoms with E-state index in [0.29, 0.717) is 13.0 Å². The molecular weight excluding hydrogens is 256 g/mol. The number of hydrogen-bond acceptors (Lipinski definition) is 2. The van der Waals surface area contributed by atoms with Crippen LogP contribution >= 0.6 is 15.9 Å². The molecule has 0 aromatic heterocycles. The molecule has 0 aliphatic carbocycles. The molecule has 0 unspecified atom stereocenters. The molecule has 1 rings (SSSR count). The maximum absolute atomic E-state index is 11.4. The molecule has 0 radical (unpaired) electrons. The standard InChI is InChI=1S/C12H15BrO2/c1-4-15-12(14)7-10-8(2)5-6-11(13)9(10)3/h5-6H,4,7H2,1-3H3. The first-order valence-corrected chi connectivity index (χ1v) is 5.75. The van der Waals surface area contributed by atoms with Crippen molar-refractivity contribution in [2.45, 2.75) is 27.2 Å². The number of rotatable bonds is 3. The van der Waals surface area contributed by atoms with Gasteiger partial charge in [-0.15, -0.1) is 0 Å². The summed E-state index contributed by atoms with van der Waals surface area (Å²) in [5, 5.41) is 0. The molecule has 15 heavy (non-hydrogen) atoms. The molecule has 0 bridgehead atoms. The SMILES string of the molecule is CCOC(=O)Cc1c(C)ccc(Br)c1C. The number of esters is 1. The summed E-state index contributed by atoms with van der Waals surface area (Å²) in [5.41, 5.74) is 3.30. The normalized spacial score (nSPS) is 10.1. The fourth-order valence-corrected chi connectivity index (χ4v) is 1.86. The van der Waals surface area contributed by atoms with E-state index in [4.69, 9.17) is 4.74 Å². The first-order valence-electron chi connectivity index (χ1n) is 4.96. The van der Waals surface area contributed by atoms with Crippen molar-refractivity contribution in [2.75, 3.05) is 6.61 Å². The van der Waals surface area contributed by atoms with Gasteiger partial charge in [0, 0.05) is 4.47 Å². The first kappa shape index (κ1) is 12.2. The third-order valence-electron chi connectivity index (χ3n) is 2.39. The molecule has 82 valence electrons. The smallest absolute Gasteiger partial charge is 0.310 e. The Morgan fingerprint density at radius 2 is 2.07 bits per heavy atom. The van der Waals surface area contributed by atoms with E-state index in [1.165, 1.54) is 0 Å². The lowest BCUT2D eigenvalue weighted by Crippen LogP contribution is -2.10. The molecule has 0 atom stereocenters. The topological polar surface area (TPSA) is 26.3 Å². The minimum Gasteiger partial charge on any atom is -0.466 e. The lowest BCUT2D eigenvalue weighted by atomic mass is 10.0. The average molecular weight is 271 g/mol. The highest BCUT2D eigenvalue weighted by Crippen LogP contribution is 2.23. The van der Waals surface area contributed by atoms with E-state index in [0.717, 1.165) is 21.2 Å². The summed E-state index contributed by atoms with van der Waals surface area (Å²) in [6, 6.07) is 4.00. The summed E-state index contributed by atoms with van der Waals surface area (Å²) >= 11 is 3.46. The molecule has 0 amide bonds. The van der Waals surface area contributed by atoms with Crippen LogP contribution in [0, 0.1) is 13.8 Å². The molecule has 0 heterocycles. The summed E-state index contributed by atoms with van der Waals surface area (Å²) < 4.78 is 5.98. The molecule has 0 N–H and O–H groups in total. The fraction of sp³-hybridized carbons (Fsp3) is 0.417. The molecule has 0 saturated heterocycles. The predicted molar refractivity (Wildman–Crippen MR) is 64.0 cm³/mol. The van der Waals surface area contributed by atoms with Crippen LogP contribution in [-0.2, 0) is 16.0 Å². The molecule has 0 saturated carbocycles. The van der Waals surface area contributed by atoms with Crippen molar-refractivity contribution in [3.63, 3.8) is 0 Å². The van der Waals surface area contributed by atoms with Gasteiger partial charge in [0.05, 0.1) is 13.0 Å². The maximum Gasteiger partial charge on any atom is 0.310 e. The Morgan fingerprint density at radius 3 is 2.67 bits per heavy atom. The number of ether oxygens (including phenoxy) is 1. The van der Waals surface area contributed by atoms with Crippen LogP contribution < -0.4 is 0 Å². The Hall–Kier alpha value is -0.830. The van der Waals surface area contributed by atoms with Crippen molar-refractivity contribution in [1.82, 2.24) is 0 Å². The van der Waals surface area contributed by atoms with Gasteiger partial charge >= 0.3 is 5.97 Å². The lowest BCUT2D eigenvalue weighted by molar-refractivity contribution is -0.142. The van der Waals surface area contributed by atoms with Gasteiger partial charge < -0.3 is 4.74 Å². The molecule has 3 heteroatoms. The van der Waals surface area contributed by atoms with Crippen molar-refractivity contribution in [3.8, 4) is 0 Å². The van der Waals surface area contributed by atoms with Crippen molar-refractivity contribution in [3.05, 3.63) is 33.3 Å². The van der Waals surface area contributed by atoms with Gasteiger partial charge in [-0.2, -0.15) is 0 Å². The molecule has 1 aromatic carbocycles. The number of carbonyl (C=O) groups is 1. The van der Waals surface area contributed by atoms with Crippen molar-refractivity contribution in [1.29, 1.82) is 0 Å². The Bertz CT molecular complexity index is 372. The molecule has 0 fully saturated rings. The van der Waals surface area contributed by atoms with Crippen LogP contribution in [0.15, 0.2) is 16.6 Å². The Morgan fingerprint density at radius 1 is 1.40 bits per heavy atom. The highest BCUT2D eigenvalue weighted by molar-refractivity contribution is 9.10. The van der Waals surface area contributed by atoms with E-state index < -0.39 is 0 Å². The zero-order valence-electron chi connectivity index (χ0n) is 9.26. The van der Waals surface area contributed by atoms with E-state index in [9.17, 15) is 4.79 Å². The number of benzene rings is 1. The largest absolute Gasteiger partial charge is 0.466 e. The fourth-order valence-electron chi connectivity index (χ4n) is 1.49. The summed E-state index contributed by atoms with van der Waals surface area (Å²) in [5.74, 6) is -0.165. The van der Waals surface area contributed by atoms with Gasteiger partial charge in [-0.25, -0.2) is 0 Å². The molecule has 0 spiro atoms. The Balaban J connectivity index is 2.93. The van der Waals surface area contributed by atoms with Crippen LogP contribution in [0.2, 0.25) is 0 Å². The van der Waals surface area contributed by atoms with E-state index in [1.807, 2.05) is 32.9 Å². The zero-order valence-corrected chi connectivity index (χ0v) is 10.8. The second-order valence-electron chi connectivity index (χ2n) is 3.45. The second kappa shape index (κ2) is 5.31. The molecule has 0 aliphatic rings. The number of halogens is 1. The van der Waals surface area contributed by atoms with Crippen molar-refractivity contribution < 1.29 is 9.53 Å². The van der Waals surface area contributed by atoms with Crippen LogP contribution in [0.25, 0.3) is 0 Å². The third kappa shape index (κ3) is 3.06. The first-order chi connectivity index (χ1) is 7.06. The van der Waals surface area contributed by atoms with E-state index in [-0.39, 0.29) is 5.97 Å². The minimum absolute atomic E-state index is 0.165. The number of aryl methyl sites for hydroxylation is 1. The predicted octanol–water partition coefficient (Wildman–Crippen LogP) is 3.17. The minimum atomic E-state index is -0.165.